The highest BCUT2D eigenvalue weighted by atomic mass is 16.6. The number of benzene rings is 1. The third-order valence-corrected chi connectivity index (χ3v) is 1.39. The summed E-state index contributed by atoms with van der Waals surface area (Å²) in [5, 5.41) is 17.3. The number of aliphatic hydroxyl groups excluding tert-OH is 1. The highest BCUT2D eigenvalue weighted by molar-refractivity contribution is 5.85. The largest absolute Gasteiger partial charge is 0.420 e. The standard InChI is InChI=1S/C9H7NO3/c10-6-8(11)13-9(12)7-4-2-1-3-5-7/h1-5,9,12H. The molecule has 1 aromatic carbocycles. The van der Waals surface area contributed by atoms with Gasteiger partial charge in [0, 0.05) is 5.56 Å². The van der Waals surface area contributed by atoms with Crippen LogP contribution >= 0.6 is 0 Å². The number of carbonyl (C=O) groups is 1. The van der Waals surface area contributed by atoms with Crippen LogP contribution in [0.25, 0.3) is 0 Å². The minimum Gasteiger partial charge on any atom is -0.420 e. The van der Waals surface area contributed by atoms with E-state index in [9.17, 15) is 9.90 Å². The van der Waals surface area contributed by atoms with E-state index in [2.05, 4.69) is 4.74 Å². The number of esters is 1. The van der Waals surface area contributed by atoms with Gasteiger partial charge in [-0.2, -0.15) is 5.26 Å². The van der Waals surface area contributed by atoms with Gasteiger partial charge in [0.25, 0.3) is 0 Å². The molecule has 4 heteroatoms. The highest BCUT2D eigenvalue weighted by Gasteiger charge is 2.11. The topological polar surface area (TPSA) is 70.3 Å². The van der Waals surface area contributed by atoms with Gasteiger partial charge in [-0.25, -0.2) is 4.79 Å². The maximum absolute atomic E-state index is 10.5. The summed E-state index contributed by atoms with van der Waals surface area (Å²) in [4.78, 5) is 10.5. The van der Waals surface area contributed by atoms with Crippen LogP contribution in [0, 0.1) is 11.3 Å². The molecule has 0 fully saturated rings. The van der Waals surface area contributed by atoms with Gasteiger partial charge in [0.15, 0.2) is 6.07 Å². The van der Waals surface area contributed by atoms with E-state index >= 15 is 0 Å². The van der Waals surface area contributed by atoms with Crippen molar-refractivity contribution in [1.29, 1.82) is 5.26 Å². The Bertz CT molecular complexity index is 328. The van der Waals surface area contributed by atoms with Crippen LogP contribution in [-0.2, 0) is 9.53 Å². The fourth-order valence-electron chi connectivity index (χ4n) is 0.813. The Hall–Kier alpha value is -1.86. The molecule has 0 saturated carbocycles. The average molecular weight is 177 g/mol. The molecule has 1 N–H and O–H groups in total. The first kappa shape index (κ1) is 9.23. The van der Waals surface area contributed by atoms with Crippen LogP contribution in [-0.4, -0.2) is 11.1 Å². The lowest BCUT2D eigenvalue weighted by Gasteiger charge is -2.08. The molecule has 1 rings (SSSR count). The molecule has 0 amide bonds. The van der Waals surface area contributed by atoms with Crippen molar-refractivity contribution in [3.05, 3.63) is 35.9 Å². The molecule has 13 heavy (non-hydrogen) atoms. The number of hydrogen-bond donors (Lipinski definition) is 1. The quantitative estimate of drug-likeness (QED) is 0.411. The van der Waals surface area contributed by atoms with Crippen molar-refractivity contribution in [2.24, 2.45) is 0 Å². The Morgan fingerprint density at radius 2 is 2.08 bits per heavy atom. The highest BCUT2D eigenvalue weighted by Crippen LogP contribution is 2.12. The Morgan fingerprint density at radius 1 is 1.46 bits per heavy atom. The van der Waals surface area contributed by atoms with E-state index in [1.54, 1.807) is 30.3 Å². The molecular formula is C9H7NO3. The monoisotopic (exact) mass is 177 g/mol. The van der Waals surface area contributed by atoms with Crippen LogP contribution in [0.2, 0.25) is 0 Å². The molecule has 0 aliphatic rings. The van der Waals surface area contributed by atoms with Gasteiger partial charge in [0.05, 0.1) is 0 Å². The summed E-state index contributed by atoms with van der Waals surface area (Å²) in [7, 11) is 0. The van der Waals surface area contributed by atoms with E-state index in [0.717, 1.165) is 0 Å². The maximum Gasteiger partial charge on any atom is 0.413 e. The van der Waals surface area contributed by atoms with E-state index < -0.39 is 12.3 Å². The van der Waals surface area contributed by atoms with Crippen LogP contribution < -0.4 is 0 Å². The van der Waals surface area contributed by atoms with Gasteiger partial charge >= 0.3 is 5.97 Å². The second-order valence-corrected chi connectivity index (χ2v) is 2.28. The number of rotatable bonds is 2. The molecule has 1 aromatic rings. The number of nitrogens with zero attached hydrogens (tertiary/aromatic N) is 1. The van der Waals surface area contributed by atoms with Crippen LogP contribution in [0.1, 0.15) is 11.9 Å². The summed E-state index contributed by atoms with van der Waals surface area (Å²) in [6.45, 7) is 0. The predicted molar refractivity (Wildman–Crippen MR) is 43.1 cm³/mol. The number of ether oxygens (including phenoxy) is 1. The van der Waals surface area contributed by atoms with Gasteiger partial charge < -0.3 is 9.84 Å². The summed E-state index contributed by atoms with van der Waals surface area (Å²) in [5.41, 5.74) is 0.436. The van der Waals surface area contributed by atoms with Crippen molar-refractivity contribution in [1.82, 2.24) is 0 Å². The van der Waals surface area contributed by atoms with E-state index in [1.165, 1.54) is 6.07 Å². The molecule has 0 heterocycles. The van der Waals surface area contributed by atoms with Crippen molar-refractivity contribution in [3.8, 4) is 6.07 Å². The van der Waals surface area contributed by atoms with Gasteiger partial charge in [-0.3, -0.25) is 0 Å². The van der Waals surface area contributed by atoms with Crippen molar-refractivity contribution in [3.63, 3.8) is 0 Å². The first-order valence-corrected chi connectivity index (χ1v) is 3.58. The minimum atomic E-state index is -1.37. The summed E-state index contributed by atoms with van der Waals surface area (Å²) in [6, 6.07) is 9.58. The van der Waals surface area contributed by atoms with Crippen LogP contribution in [0.4, 0.5) is 0 Å². The average Bonchev–Trinajstić information content (AvgIpc) is 2.19. The number of hydrogen-bond acceptors (Lipinski definition) is 4. The van der Waals surface area contributed by atoms with E-state index in [1.807, 2.05) is 0 Å². The number of aliphatic hydroxyl groups is 1. The fraction of sp³-hybridized carbons (Fsp3) is 0.111. The molecule has 0 spiro atoms. The molecule has 4 nitrogen and oxygen atoms in total. The van der Waals surface area contributed by atoms with Crippen molar-refractivity contribution in [2.75, 3.05) is 0 Å². The lowest BCUT2D eigenvalue weighted by Crippen LogP contribution is -2.08. The lowest BCUT2D eigenvalue weighted by atomic mass is 10.2. The molecule has 0 aromatic heterocycles. The Morgan fingerprint density at radius 3 is 2.62 bits per heavy atom. The zero-order valence-corrected chi connectivity index (χ0v) is 6.68. The van der Waals surface area contributed by atoms with Crippen molar-refractivity contribution < 1.29 is 14.6 Å². The van der Waals surface area contributed by atoms with Crippen LogP contribution in [0.5, 0.6) is 0 Å². The Labute approximate surface area is 75.0 Å². The van der Waals surface area contributed by atoms with E-state index in [4.69, 9.17) is 5.26 Å². The van der Waals surface area contributed by atoms with E-state index in [-0.39, 0.29) is 0 Å². The van der Waals surface area contributed by atoms with Gasteiger partial charge in [-0.15, -0.1) is 0 Å². The van der Waals surface area contributed by atoms with Crippen molar-refractivity contribution >= 4 is 5.97 Å². The molecular weight excluding hydrogens is 170 g/mol. The molecule has 0 saturated heterocycles. The minimum absolute atomic E-state index is 0.436. The smallest absolute Gasteiger partial charge is 0.413 e. The second kappa shape index (κ2) is 4.24. The first-order valence-electron chi connectivity index (χ1n) is 3.58. The molecule has 0 radical (unpaired) electrons. The normalized spacial score (nSPS) is 11.4. The lowest BCUT2D eigenvalue weighted by molar-refractivity contribution is -0.161. The third-order valence-electron chi connectivity index (χ3n) is 1.39. The molecule has 0 aliphatic heterocycles. The van der Waals surface area contributed by atoms with Gasteiger partial charge in [-0.05, 0) is 0 Å². The van der Waals surface area contributed by atoms with Gasteiger partial charge in [-0.1, -0.05) is 30.3 Å². The Kier molecular flexibility index (Phi) is 3.01. The zero-order chi connectivity index (χ0) is 9.68. The first-order chi connectivity index (χ1) is 6.24. The van der Waals surface area contributed by atoms with Crippen LogP contribution in [0.15, 0.2) is 30.3 Å². The number of carbonyl (C=O) groups excluding carboxylic acids is 1. The number of nitriles is 1. The summed E-state index contributed by atoms with van der Waals surface area (Å²) in [6.07, 6.45) is -1.37. The van der Waals surface area contributed by atoms with Crippen LogP contribution in [0.3, 0.4) is 0 Å². The van der Waals surface area contributed by atoms with Gasteiger partial charge in [0.1, 0.15) is 0 Å². The second-order valence-electron chi connectivity index (χ2n) is 2.28. The van der Waals surface area contributed by atoms with Gasteiger partial charge in [0.2, 0.25) is 6.29 Å². The SMILES string of the molecule is N#CC(=O)OC(O)c1ccccc1. The maximum atomic E-state index is 10.5. The molecule has 0 aliphatic carbocycles. The Balaban J connectivity index is 2.65. The third kappa shape index (κ3) is 2.58. The summed E-state index contributed by atoms with van der Waals surface area (Å²) in [5.74, 6) is -1.10. The van der Waals surface area contributed by atoms with E-state index in [0.29, 0.717) is 5.56 Å². The molecule has 1 unspecified atom stereocenters. The molecule has 1 atom stereocenters. The zero-order valence-electron chi connectivity index (χ0n) is 6.68. The predicted octanol–water partition coefficient (Wildman–Crippen LogP) is 0.744. The summed E-state index contributed by atoms with van der Waals surface area (Å²) >= 11 is 0. The fourth-order valence-corrected chi connectivity index (χ4v) is 0.813. The van der Waals surface area contributed by atoms with Crippen molar-refractivity contribution in [2.45, 2.75) is 6.29 Å². The summed E-state index contributed by atoms with van der Waals surface area (Å²) < 4.78 is 4.34. The molecule has 66 valence electrons. The molecule has 0 bridgehead atoms.